The molecule has 0 amide bonds. The molecule has 0 aliphatic heterocycles. The van der Waals surface area contributed by atoms with Gasteiger partial charge in [0.2, 0.25) is 0 Å². The van der Waals surface area contributed by atoms with Crippen LogP contribution < -0.4 is 5.56 Å². The van der Waals surface area contributed by atoms with Crippen molar-refractivity contribution in [2.45, 2.75) is 6.54 Å². The van der Waals surface area contributed by atoms with Gasteiger partial charge in [0.1, 0.15) is 11.8 Å². The zero-order valence-corrected chi connectivity index (χ0v) is 12.0. The van der Waals surface area contributed by atoms with Gasteiger partial charge in [-0.1, -0.05) is 54.6 Å². The summed E-state index contributed by atoms with van der Waals surface area (Å²) in [6, 6.07) is 19.3. The predicted molar refractivity (Wildman–Crippen MR) is 88.6 cm³/mol. The van der Waals surface area contributed by atoms with Gasteiger partial charge >= 0.3 is 0 Å². The Morgan fingerprint density at radius 1 is 1.05 bits per heavy atom. The van der Waals surface area contributed by atoms with Crippen molar-refractivity contribution in [1.82, 2.24) is 4.57 Å². The number of nitrogens with zero attached hydrogens (tertiary/aromatic N) is 2. The summed E-state index contributed by atoms with van der Waals surface area (Å²) in [7, 11) is 0. The molecule has 0 bridgehead atoms. The molecule has 0 aliphatic rings. The molecule has 0 radical (unpaired) electrons. The van der Waals surface area contributed by atoms with E-state index in [0.717, 1.165) is 16.5 Å². The number of aromatic nitrogens is 1. The molecule has 3 aromatic rings. The summed E-state index contributed by atoms with van der Waals surface area (Å²) in [5.41, 5.74) is 1.93. The summed E-state index contributed by atoms with van der Waals surface area (Å²) < 4.78 is 1.48. The normalized spacial score (nSPS) is 10.3. The molecule has 0 atom stereocenters. The van der Waals surface area contributed by atoms with Crippen LogP contribution >= 0.6 is 0 Å². The van der Waals surface area contributed by atoms with Gasteiger partial charge in [0.25, 0.3) is 5.56 Å². The Labute approximate surface area is 128 Å². The van der Waals surface area contributed by atoms with Crippen LogP contribution in [0.4, 0.5) is 0 Å². The molecule has 0 N–H and O–H groups in total. The maximum atomic E-state index is 12.6. The van der Waals surface area contributed by atoms with Crippen LogP contribution in [-0.4, -0.2) is 4.57 Å². The lowest BCUT2D eigenvalue weighted by Crippen LogP contribution is -2.23. The summed E-state index contributed by atoms with van der Waals surface area (Å²) in [5.74, 6) is 0. The Morgan fingerprint density at radius 2 is 1.68 bits per heavy atom. The number of allylic oxidation sites excluding steroid dienone is 1. The van der Waals surface area contributed by atoms with Crippen molar-refractivity contribution in [3.8, 4) is 17.2 Å². The topological polar surface area (TPSA) is 45.8 Å². The second-order valence-corrected chi connectivity index (χ2v) is 4.95. The monoisotopic (exact) mass is 286 g/mol. The fourth-order valence-corrected chi connectivity index (χ4v) is 2.71. The minimum absolute atomic E-state index is 0.160. The highest BCUT2D eigenvalue weighted by atomic mass is 16.1. The van der Waals surface area contributed by atoms with Crippen LogP contribution in [-0.2, 0) is 6.54 Å². The van der Waals surface area contributed by atoms with E-state index < -0.39 is 0 Å². The smallest absolute Gasteiger partial charge is 0.259 e. The van der Waals surface area contributed by atoms with Crippen LogP contribution in [0.5, 0.6) is 0 Å². The fourth-order valence-electron chi connectivity index (χ4n) is 2.71. The van der Waals surface area contributed by atoms with Crippen LogP contribution in [0.2, 0.25) is 0 Å². The van der Waals surface area contributed by atoms with E-state index in [9.17, 15) is 10.1 Å². The second kappa shape index (κ2) is 5.71. The predicted octanol–water partition coefficient (Wildman–Crippen LogP) is 3.73. The van der Waals surface area contributed by atoms with Crippen molar-refractivity contribution >= 4 is 10.8 Å². The molecule has 0 spiro atoms. The summed E-state index contributed by atoms with van der Waals surface area (Å²) in [5, 5.41) is 11.0. The van der Waals surface area contributed by atoms with E-state index >= 15 is 0 Å². The van der Waals surface area contributed by atoms with Gasteiger partial charge in [-0.25, -0.2) is 0 Å². The van der Waals surface area contributed by atoms with Gasteiger partial charge in [0, 0.05) is 17.5 Å². The fraction of sp³-hybridized carbons (Fsp3) is 0.0526. The Morgan fingerprint density at radius 3 is 2.32 bits per heavy atom. The molecule has 3 rings (SSSR count). The van der Waals surface area contributed by atoms with Crippen molar-refractivity contribution in [3.05, 3.63) is 83.3 Å². The maximum Gasteiger partial charge on any atom is 0.259 e. The Kier molecular flexibility index (Phi) is 3.59. The average molecular weight is 286 g/mol. The number of nitriles is 1. The molecule has 0 saturated heterocycles. The Hall–Kier alpha value is -3.12. The molecule has 3 nitrogen and oxygen atoms in total. The van der Waals surface area contributed by atoms with E-state index in [-0.39, 0.29) is 5.56 Å². The van der Waals surface area contributed by atoms with Crippen LogP contribution in [0.1, 0.15) is 5.69 Å². The highest BCUT2D eigenvalue weighted by molar-refractivity contribution is 5.98. The van der Waals surface area contributed by atoms with E-state index in [4.69, 9.17) is 0 Å². The highest BCUT2D eigenvalue weighted by Gasteiger charge is 2.16. The standard InChI is InChI=1S/C19H14N2O/c1-2-12-21-17(13-20)18(14-8-4-3-5-9-14)15-10-6-7-11-16(15)19(21)22/h2-11H,1,12H2. The molecule has 1 aromatic heterocycles. The lowest BCUT2D eigenvalue weighted by atomic mass is 9.97. The minimum atomic E-state index is -0.160. The average Bonchev–Trinajstić information content (AvgIpc) is 2.58. The Bertz CT molecular complexity index is 947. The number of hydrogen-bond acceptors (Lipinski definition) is 2. The van der Waals surface area contributed by atoms with Crippen LogP contribution in [0.25, 0.3) is 21.9 Å². The lowest BCUT2D eigenvalue weighted by Gasteiger charge is -2.14. The molecular weight excluding hydrogens is 272 g/mol. The number of fused-ring (bicyclic) bond motifs is 1. The van der Waals surface area contributed by atoms with Crippen LogP contribution in [0.15, 0.2) is 72.0 Å². The minimum Gasteiger partial charge on any atom is -0.295 e. The van der Waals surface area contributed by atoms with E-state index in [0.29, 0.717) is 17.6 Å². The van der Waals surface area contributed by atoms with E-state index in [1.807, 2.05) is 48.5 Å². The van der Waals surface area contributed by atoms with Gasteiger partial charge in [-0.3, -0.25) is 9.36 Å². The third-order valence-electron chi connectivity index (χ3n) is 3.66. The van der Waals surface area contributed by atoms with E-state index in [1.165, 1.54) is 4.57 Å². The molecule has 2 aromatic carbocycles. The first-order valence-electron chi connectivity index (χ1n) is 7.00. The molecular formula is C19H14N2O. The van der Waals surface area contributed by atoms with E-state index in [2.05, 4.69) is 12.6 Å². The summed E-state index contributed by atoms with van der Waals surface area (Å²) in [4.78, 5) is 12.6. The van der Waals surface area contributed by atoms with Crippen molar-refractivity contribution in [1.29, 1.82) is 5.26 Å². The van der Waals surface area contributed by atoms with Gasteiger partial charge in [0.15, 0.2) is 0 Å². The SMILES string of the molecule is C=CCn1c(C#N)c(-c2ccccc2)c2ccccc2c1=O. The first-order chi connectivity index (χ1) is 10.8. The summed E-state index contributed by atoms with van der Waals surface area (Å²) in [6.45, 7) is 4.00. The quantitative estimate of drug-likeness (QED) is 0.689. The Balaban J connectivity index is 2.54. The maximum absolute atomic E-state index is 12.6. The van der Waals surface area contributed by atoms with Crippen LogP contribution in [0, 0.1) is 11.3 Å². The number of benzene rings is 2. The zero-order chi connectivity index (χ0) is 15.5. The molecule has 106 valence electrons. The molecule has 0 fully saturated rings. The molecule has 0 saturated carbocycles. The van der Waals surface area contributed by atoms with Crippen molar-refractivity contribution in [2.75, 3.05) is 0 Å². The lowest BCUT2D eigenvalue weighted by molar-refractivity contribution is 0.777. The summed E-state index contributed by atoms with van der Waals surface area (Å²) in [6.07, 6.45) is 1.63. The zero-order valence-electron chi connectivity index (χ0n) is 12.0. The molecule has 1 heterocycles. The number of pyridine rings is 1. The third kappa shape index (κ3) is 2.11. The summed E-state index contributed by atoms with van der Waals surface area (Å²) >= 11 is 0. The van der Waals surface area contributed by atoms with Crippen molar-refractivity contribution in [2.24, 2.45) is 0 Å². The van der Waals surface area contributed by atoms with Crippen molar-refractivity contribution < 1.29 is 0 Å². The van der Waals surface area contributed by atoms with Crippen molar-refractivity contribution in [3.63, 3.8) is 0 Å². The largest absolute Gasteiger partial charge is 0.295 e. The third-order valence-corrected chi connectivity index (χ3v) is 3.66. The number of hydrogen-bond donors (Lipinski definition) is 0. The highest BCUT2D eigenvalue weighted by Crippen LogP contribution is 2.30. The second-order valence-electron chi connectivity index (χ2n) is 4.95. The first-order valence-corrected chi connectivity index (χ1v) is 7.00. The van der Waals surface area contributed by atoms with Gasteiger partial charge in [0.05, 0.1) is 0 Å². The first kappa shape index (κ1) is 13.8. The van der Waals surface area contributed by atoms with Crippen LogP contribution in [0.3, 0.4) is 0 Å². The molecule has 22 heavy (non-hydrogen) atoms. The van der Waals surface area contributed by atoms with Gasteiger partial charge in [-0.2, -0.15) is 5.26 Å². The van der Waals surface area contributed by atoms with Gasteiger partial charge in [-0.15, -0.1) is 6.58 Å². The molecule has 0 aliphatic carbocycles. The molecule has 3 heteroatoms. The molecule has 0 unspecified atom stereocenters. The number of rotatable bonds is 3. The van der Waals surface area contributed by atoms with E-state index in [1.54, 1.807) is 12.1 Å². The van der Waals surface area contributed by atoms with Gasteiger partial charge < -0.3 is 0 Å². The van der Waals surface area contributed by atoms with Gasteiger partial charge in [-0.05, 0) is 17.0 Å².